The molecule has 0 saturated carbocycles. The Morgan fingerprint density at radius 1 is 0.828 bits per heavy atom. The maximum Gasteiger partial charge on any atom is 0.335 e. The molecule has 0 fully saturated rings. The maximum atomic E-state index is 13.2. The molecule has 0 aromatic heterocycles. The molecule has 0 spiro atoms. The summed E-state index contributed by atoms with van der Waals surface area (Å²) >= 11 is 0. The van der Waals surface area contributed by atoms with Crippen LogP contribution in [0.1, 0.15) is 68.9 Å². The fourth-order valence-electron chi connectivity index (χ4n) is 2.93. The van der Waals surface area contributed by atoms with Gasteiger partial charge in [-0.3, -0.25) is 19.2 Å². The van der Waals surface area contributed by atoms with Crippen molar-refractivity contribution >= 4 is 29.5 Å². The summed E-state index contributed by atoms with van der Waals surface area (Å²) < 4.78 is 10.3. The number of esters is 2. The van der Waals surface area contributed by atoms with Gasteiger partial charge >= 0.3 is 17.9 Å². The molecule has 29 heavy (non-hydrogen) atoms. The Hall–Kier alpha value is -3.81. The zero-order valence-electron chi connectivity index (χ0n) is 15.6. The summed E-state index contributed by atoms with van der Waals surface area (Å²) in [5.74, 6) is -4.40. The van der Waals surface area contributed by atoms with E-state index in [1.807, 2.05) is 0 Å². The van der Waals surface area contributed by atoms with Gasteiger partial charge < -0.3 is 14.6 Å². The van der Waals surface area contributed by atoms with Crippen molar-refractivity contribution in [2.75, 3.05) is 0 Å². The van der Waals surface area contributed by atoms with Crippen molar-refractivity contribution in [2.45, 2.75) is 26.7 Å². The van der Waals surface area contributed by atoms with Crippen molar-refractivity contribution in [2.24, 2.45) is 0 Å². The number of carbonyl (C=O) groups excluding carboxylic acids is 4. The summed E-state index contributed by atoms with van der Waals surface area (Å²) in [7, 11) is 0. The lowest BCUT2D eigenvalue weighted by atomic mass is 9.82. The standard InChI is InChI=1S/C21H16O8/c1-3-15(22)28-13-7-5-6-11-17(13)20(25)18-12(19(11)24)8-10(21(26)27)9-14(18)29-16(23)4-2/h5-9H,3-4H2,1-2H3,(H,26,27). The van der Waals surface area contributed by atoms with E-state index >= 15 is 0 Å². The number of hydrogen-bond acceptors (Lipinski definition) is 7. The largest absolute Gasteiger partial charge is 0.478 e. The Kier molecular flexibility index (Phi) is 5.27. The molecule has 2 aromatic rings. The van der Waals surface area contributed by atoms with Crippen molar-refractivity contribution in [1.82, 2.24) is 0 Å². The molecule has 0 amide bonds. The third kappa shape index (κ3) is 3.52. The van der Waals surface area contributed by atoms with Crippen LogP contribution in [-0.2, 0) is 9.59 Å². The smallest absolute Gasteiger partial charge is 0.335 e. The summed E-state index contributed by atoms with van der Waals surface area (Å²) in [6, 6.07) is 6.30. The minimum absolute atomic E-state index is 0.0237. The van der Waals surface area contributed by atoms with Gasteiger partial charge in [0.1, 0.15) is 11.5 Å². The minimum atomic E-state index is -1.35. The fraction of sp³-hybridized carbons (Fsp3) is 0.190. The Morgan fingerprint density at radius 3 is 2.00 bits per heavy atom. The van der Waals surface area contributed by atoms with Crippen LogP contribution in [0.5, 0.6) is 11.5 Å². The first-order valence-corrected chi connectivity index (χ1v) is 8.83. The van der Waals surface area contributed by atoms with Gasteiger partial charge in [0.15, 0.2) is 5.78 Å². The lowest BCUT2D eigenvalue weighted by Crippen LogP contribution is -2.25. The molecule has 0 atom stereocenters. The Morgan fingerprint density at radius 2 is 1.41 bits per heavy atom. The first-order valence-electron chi connectivity index (χ1n) is 8.83. The van der Waals surface area contributed by atoms with Gasteiger partial charge in [0.05, 0.1) is 16.7 Å². The van der Waals surface area contributed by atoms with E-state index in [9.17, 15) is 29.1 Å². The number of rotatable bonds is 5. The molecule has 8 heteroatoms. The van der Waals surface area contributed by atoms with Gasteiger partial charge in [-0.25, -0.2) is 4.79 Å². The highest BCUT2D eigenvalue weighted by molar-refractivity contribution is 6.30. The van der Waals surface area contributed by atoms with Crippen LogP contribution in [0.3, 0.4) is 0 Å². The summed E-state index contributed by atoms with van der Waals surface area (Å²) in [4.78, 5) is 61.2. The third-order valence-corrected chi connectivity index (χ3v) is 4.34. The molecule has 0 bridgehead atoms. The maximum absolute atomic E-state index is 13.2. The normalized spacial score (nSPS) is 12.1. The van der Waals surface area contributed by atoms with Gasteiger partial charge in [-0.15, -0.1) is 0 Å². The Labute approximate surface area is 165 Å². The molecule has 8 nitrogen and oxygen atoms in total. The van der Waals surface area contributed by atoms with E-state index in [0.29, 0.717) is 0 Å². The first kappa shape index (κ1) is 19.9. The predicted octanol–water partition coefficient (Wildman–Crippen LogP) is 2.79. The number of ether oxygens (including phenoxy) is 2. The zero-order valence-corrected chi connectivity index (χ0v) is 15.6. The molecule has 1 aliphatic rings. The van der Waals surface area contributed by atoms with Gasteiger partial charge in [0, 0.05) is 24.0 Å². The molecule has 0 aliphatic heterocycles. The van der Waals surface area contributed by atoms with Crippen LogP contribution < -0.4 is 9.47 Å². The van der Waals surface area contributed by atoms with Gasteiger partial charge in [-0.05, 0) is 18.2 Å². The molecule has 0 radical (unpaired) electrons. The Balaban J connectivity index is 2.25. The minimum Gasteiger partial charge on any atom is -0.478 e. The van der Waals surface area contributed by atoms with Crippen molar-refractivity contribution in [3.8, 4) is 11.5 Å². The van der Waals surface area contributed by atoms with E-state index in [4.69, 9.17) is 9.47 Å². The van der Waals surface area contributed by atoms with E-state index < -0.39 is 29.5 Å². The zero-order chi connectivity index (χ0) is 21.3. The van der Waals surface area contributed by atoms with E-state index in [1.165, 1.54) is 25.1 Å². The number of ketones is 2. The molecule has 1 N–H and O–H groups in total. The van der Waals surface area contributed by atoms with Crippen LogP contribution in [0.25, 0.3) is 0 Å². The van der Waals surface area contributed by atoms with Crippen LogP contribution >= 0.6 is 0 Å². The number of carboxylic acids is 1. The highest BCUT2D eigenvalue weighted by Crippen LogP contribution is 2.38. The highest BCUT2D eigenvalue weighted by Gasteiger charge is 2.36. The van der Waals surface area contributed by atoms with Crippen LogP contribution in [0.2, 0.25) is 0 Å². The highest BCUT2D eigenvalue weighted by atomic mass is 16.5. The van der Waals surface area contributed by atoms with Crippen molar-refractivity contribution in [3.05, 3.63) is 58.1 Å². The van der Waals surface area contributed by atoms with E-state index in [-0.39, 0.29) is 52.2 Å². The second-order valence-electron chi connectivity index (χ2n) is 6.19. The van der Waals surface area contributed by atoms with Gasteiger partial charge in [-0.2, -0.15) is 0 Å². The summed E-state index contributed by atoms with van der Waals surface area (Å²) in [5.41, 5.74) is -0.904. The molecule has 0 heterocycles. The van der Waals surface area contributed by atoms with Crippen LogP contribution in [0.15, 0.2) is 30.3 Å². The Bertz CT molecular complexity index is 1080. The number of carbonyl (C=O) groups is 5. The van der Waals surface area contributed by atoms with Gasteiger partial charge in [0.25, 0.3) is 0 Å². The summed E-state index contributed by atoms with van der Waals surface area (Å²) in [5, 5.41) is 9.33. The lowest BCUT2D eigenvalue weighted by Gasteiger charge is -2.22. The fourth-order valence-corrected chi connectivity index (χ4v) is 2.93. The molecule has 0 saturated heterocycles. The van der Waals surface area contributed by atoms with Gasteiger partial charge in [0.2, 0.25) is 5.78 Å². The molecule has 1 aliphatic carbocycles. The number of hydrogen-bond donors (Lipinski definition) is 1. The lowest BCUT2D eigenvalue weighted by molar-refractivity contribution is -0.134. The topological polar surface area (TPSA) is 124 Å². The number of aromatic carboxylic acids is 1. The average molecular weight is 396 g/mol. The SMILES string of the molecule is CCC(=O)Oc1cccc2c1C(=O)c1c(OC(=O)CC)cc(C(=O)O)cc1C2=O. The molecule has 148 valence electrons. The number of carboxylic acid groups (broad SMARTS) is 1. The molecular formula is C21H16O8. The van der Waals surface area contributed by atoms with Crippen LogP contribution in [-0.4, -0.2) is 34.6 Å². The van der Waals surface area contributed by atoms with E-state index in [2.05, 4.69) is 0 Å². The molecule has 0 unspecified atom stereocenters. The van der Waals surface area contributed by atoms with Crippen molar-refractivity contribution < 1.29 is 38.6 Å². The first-order chi connectivity index (χ1) is 13.8. The molecule has 3 rings (SSSR count). The third-order valence-electron chi connectivity index (χ3n) is 4.34. The second-order valence-corrected chi connectivity index (χ2v) is 6.19. The predicted molar refractivity (Wildman–Crippen MR) is 98.6 cm³/mol. The van der Waals surface area contributed by atoms with Gasteiger partial charge in [-0.1, -0.05) is 26.0 Å². The number of fused-ring (bicyclic) bond motifs is 2. The quantitative estimate of drug-likeness (QED) is 0.516. The van der Waals surface area contributed by atoms with Crippen LogP contribution in [0.4, 0.5) is 0 Å². The van der Waals surface area contributed by atoms with E-state index in [0.717, 1.165) is 12.1 Å². The summed E-state index contributed by atoms with van der Waals surface area (Å²) in [6.45, 7) is 3.11. The monoisotopic (exact) mass is 396 g/mol. The van der Waals surface area contributed by atoms with Crippen molar-refractivity contribution in [3.63, 3.8) is 0 Å². The van der Waals surface area contributed by atoms with Crippen molar-refractivity contribution in [1.29, 1.82) is 0 Å². The van der Waals surface area contributed by atoms with E-state index in [1.54, 1.807) is 6.92 Å². The summed E-state index contributed by atoms with van der Waals surface area (Å²) in [6.07, 6.45) is 0.0356. The second kappa shape index (κ2) is 7.67. The average Bonchev–Trinajstić information content (AvgIpc) is 2.70. The molecular weight excluding hydrogens is 380 g/mol. The van der Waals surface area contributed by atoms with Crippen LogP contribution in [0, 0.1) is 0 Å². The molecule has 2 aromatic carbocycles. The number of benzene rings is 2.